The minimum absolute atomic E-state index is 0.340. The normalized spacial score (nSPS) is 11.6. The number of carbonyl (C=O) groups excluding carboxylic acids is 2. The Bertz CT molecular complexity index is 1040. The van der Waals surface area contributed by atoms with E-state index in [2.05, 4.69) is 10.4 Å². The predicted molar refractivity (Wildman–Crippen MR) is 118 cm³/mol. The number of carbonyl (C=O) groups is 2. The van der Waals surface area contributed by atoms with Crippen LogP contribution in [0.15, 0.2) is 54.6 Å². The number of nitrogens with zero attached hydrogens (tertiary/aromatic N) is 2. The number of ether oxygens (including phenoxy) is 2. The lowest BCUT2D eigenvalue weighted by Gasteiger charge is -2.14. The molecule has 0 radical (unpaired) electrons. The minimum Gasteiger partial charge on any atom is -0.497 e. The zero-order valence-electron chi connectivity index (χ0n) is 18.2. The van der Waals surface area contributed by atoms with Gasteiger partial charge in [0.05, 0.1) is 24.2 Å². The number of para-hydroxylation sites is 1. The highest BCUT2D eigenvalue weighted by molar-refractivity contribution is 5.94. The first-order valence-electron chi connectivity index (χ1n) is 10.1. The summed E-state index contributed by atoms with van der Waals surface area (Å²) in [6.07, 6.45) is -0.249. The maximum absolute atomic E-state index is 12.7. The summed E-state index contributed by atoms with van der Waals surface area (Å²) in [5, 5.41) is 7.26. The number of aromatic nitrogens is 2. The average molecular weight is 421 g/mol. The number of benzene rings is 2. The van der Waals surface area contributed by atoms with Crippen molar-refractivity contribution in [2.45, 2.75) is 33.3 Å². The minimum atomic E-state index is -0.915. The van der Waals surface area contributed by atoms with Gasteiger partial charge < -0.3 is 14.8 Å². The highest BCUT2D eigenvalue weighted by Gasteiger charge is 2.24. The van der Waals surface area contributed by atoms with E-state index in [1.165, 1.54) is 0 Å². The summed E-state index contributed by atoms with van der Waals surface area (Å²) in [4.78, 5) is 25.1. The monoisotopic (exact) mass is 421 g/mol. The van der Waals surface area contributed by atoms with Gasteiger partial charge in [-0.1, -0.05) is 30.3 Å². The van der Waals surface area contributed by atoms with Gasteiger partial charge in [-0.05, 0) is 57.0 Å². The first kappa shape index (κ1) is 22.1. The van der Waals surface area contributed by atoms with Crippen molar-refractivity contribution in [1.29, 1.82) is 0 Å². The number of methoxy groups -OCH3 is 1. The highest BCUT2D eigenvalue weighted by atomic mass is 16.5. The first-order chi connectivity index (χ1) is 14.9. The number of hydrogen-bond donors (Lipinski definition) is 1. The van der Waals surface area contributed by atoms with E-state index in [1.807, 2.05) is 61.5 Å². The second kappa shape index (κ2) is 9.93. The van der Waals surface area contributed by atoms with Crippen molar-refractivity contribution < 1.29 is 19.1 Å². The molecule has 0 spiro atoms. The van der Waals surface area contributed by atoms with Crippen LogP contribution in [0.4, 0.5) is 0 Å². The van der Waals surface area contributed by atoms with Crippen LogP contribution in [0.3, 0.4) is 0 Å². The average Bonchev–Trinajstić information content (AvgIpc) is 3.08. The lowest BCUT2D eigenvalue weighted by atomic mass is 10.1. The van der Waals surface area contributed by atoms with Crippen molar-refractivity contribution in [2.75, 3.05) is 13.7 Å². The Balaban J connectivity index is 1.57. The van der Waals surface area contributed by atoms with Gasteiger partial charge in [0.2, 0.25) is 0 Å². The molecule has 0 saturated heterocycles. The molecule has 162 valence electrons. The van der Waals surface area contributed by atoms with E-state index in [0.29, 0.717) is 29.9 Å². The topological polar surface area (TPSA) is 82.4 Å². The molecule has 1 N–H and O–H groups in total. The van der Waals surface area contributed by atoms with Gasteiger partial charge in [-0.3, -0.25) is 4.79 Å². The Kier molecular flexibility index (Phi) is 7.07. The van der Waals surface area contributed by atoms with Gasteiger partial charge in [0, 0.05) is 6.54 Å². The Morgan fingerprint density at radius 1 is 1.06 bits per heavy atom. The third-order valence-electron chi connectivity index (χ3n) is 5.02. The number of aryl methyl sites for hydroxylation is 1. The molecule has 3 rings (SSSR count). The lowest BCUT2D eigenvalue weighted by molar-refractivity contribution is -0.129. The predicted octanol–water partition coefficient (Wildman–Crippen LogP) is 3.40. The summed E-state index contributed by atoms with van der Waals surface area (Å²) < 4.78 is 12.3. The molecule has 1 aromatic heterocycles. The van der Waals surface area contributed by atoms with Gasteiger partial charge in [-0.2, -0.15) is 5.10 Å². The smallest absolute Gasteiger partial charge is 0.342 e. The molecule has 3 aromatic rings. The van der Waals surface area contributed by atoms with Crippen LogP contribution in [0.25, 0.3) is 5.69 Å². The summed E-state index contributed by atoms with van der Waals surface area (Å²) in [6.45, 7) is 5.57. The molecule has 7 heteroatoms. The number of rotatable bonds is 8. The van der Waals surface area contributed by atoms with E-state index >= 15 is 0 Å². The SMILES string of the molecule is COc1ccc(CCNC(=O)C(C)OC(=O)c2c(C)nn(-c3ccccc3)c2C)cc1. The largest absolute Gasteiger partial charge is 0.497 e. The molecular formula is C24H27N3O4. The molecule has 2 aromatic carbocycles. The highest BCUT2D eigenvalue weighted by Crippen LogP contribution is 2.19. The standard InChI is InChI=1S/C24H27N3O4/c1-16-22(17(2)27(26-16)20-8-6-5-7-9-20)24(29)31-18(3)23(28)25-15-14-19-10-12-21(30-4)13-11-19/h5-13,18H,14-15H2,1-4H3,(H,25,28). The molecule has 1 atom stereocenters. The van der Waals surface area contributed by atoms with Gasteiger partial charge in [0.25, 0.3) is 5.91 Å². The van der Waals surface area contributed by atoms with Crippen molar-refractivity contribution in [3.05, 3.63) is 77.1 Å². The van der Waals surface area contributed by atoms with E-state index in [4.69, 9.17) is 9.47 Å². The number of esters is 1. The number of amides is 1. The molecule has 31 heavy (non-hydrogen) atoms. The summed E-state index contributed by atoms with van der Waals surface area (Å²) in [5.41, 5.74) is 3.53. The second-order valence-electron chi connectivity index (χ2n) is 7.23. The van der Waals surface area contributed by atoms with Crippen LogP contribution in [0.1, 0.15) is 34.2 Å². The molecular weight excluding hydrogens is 394 g/mol. The van der Waals surface area contributed by atoms with Crippen LogP contribution in [0.2, 0.25) is 0 Å². The summed E-state index contributed by atoms with van der Waals surface area (Å²) in [5.74, 6) is -0.114. The molecule has 1 amide bonds. The van der Waals surface area contributed by atoms with Crippen molar-refractivity contribution in [1.82, 2.24) is 15.1 Å². The quantitative estimate of drug-likeness (QED) is 0.564. The molecule has 0 aliphatic heterocycles. The fourth-order valence-electron chi connectivity index (χ4n) is 3.30. The van der Waals surface area contributed by atoms with Crippen LogP contribution in [0, 0.1) is 13.8 Å². The van der Waals surface area contributed by atoms with Gasteiger partial charge in [0.1, 0.15) is 11.3 Å². The van der Waals surface area contributed by atoms with E-state index in [9.17, 15) is 9.59 Å². The Hall–Kier alpha value is -3.61. The molecule has 0 aliphatic rings. The summed E-state index contributed by atoms with van der Waals surface area (Å²) in [7, 11) is 1.62. The Morgan fingerprint density at radius 3 is 2.39 bits per heavy atom. The van der Waals surface area contributed by atoms with E-state index in [0.717, 1.165) is 17.0 Å². The first-order valence-corrected chi connectivity index (χ1v) is 10.1. The van der Waals surface area contributed by atoms with Crippen molar-refractivity contribution in [2.24, 2.45) is 0 Å². The molecule has 0 bridgehead atoms. The van der Waals surface area contributed by atoms with E-state index in [-0.39, 0.29) is 5.91 Å². The van der Waals surface area contributed by atoms with Gasteiger partial charge >= 0.3 is 5.97 Å². The number of nitrogens with one attached hydrogen (secondary N) is 1. The molecule has 1 heterocycles. The fraction of sp³-hybridized carbons (Fsp3) is 0.292. The van der Waals surface area contributed by atoms with Crippen LogP contribution in [0.5, 0.6) is 5.75 Å². The maximum atomic E-state index is 12.7. The van der Waals surface area contributed by atoms with Crippen molar-refractivity contribution >= 4 is 11.9 Å². The Labute approximate surface area is 182 Å². The molecule has 0 aliphatic carbocycles. The fourth-order valence-corrected chi connectivity index (χ4v) is 3.30. The zero-order chi connectivity index (χ0) is 22.4. The van der Waals surface area contributed by atoms with E-state index < -0.39 is 12.1 Å². The Morgan fingerprint density at radius 2 is 1.74 bits per heavy atom. The van der Waals surface area contributed by atoms with Crippen molar-refractivity contribution in [3.63, 3.8) is 0 Å². The molecule has 1 unspecified atom stereocenters. The van der Waals surface area contributed by atoms with Crippen molar-refractivity contribution in [3.8, 4) is 11.4 Å². The third-order valence-corrected chi connectivity index (χ3v) is 5.02. The second-order valence-corrected chi connectivity index (χ2v) is 7.23. The molecule has 0 saturated carbocycles. The lowest BCUT2D eigenvalue weighted by Crippen LogP contribution is -2.37. The molecule has 7 nitrogen and oxygen atoms in total. The third kappa shape index (κ3) is 5.31. The maximum Gasteiger partial charge on any atom is 0.342 e. The summed E-state index contributed by atoms with van der Waals surface area (Å²) >= 11 is 0. The van der Waals surface area contributed by atoms with E-state index in [1.54, 1.807) is 25.6 Å². The van der Waals surface area contributed by atoms with Crippen LogP contribution in [-0.4, -0.2) is 41.4 Å². The summed E-state index contributed by atoms with van der Waals surface area (Å²) in [6, 6.07) is 17.2. The van der Waals surface area contributed by atoms with Crippen LogP contribution in [-0.2, 0) is 16.0 Å². The van der Waals surface area contributed by atoms with Crippen LogP contribution < -0.4 is 10.1 Å². The van der Waals surface area contributed by atoms with Gasteiger partial charge in [-0.15, -0.1) is 0 Å². The van der Waals surface area contributed by atoms with Gasteiger partial charge in [0.15, 0.2) is 6.10 Å². The van der Waals surface area contributed by atoms with Crippen LogP contribution >= 0.6 is 0 Å². The molecule has 0 fully saturated rings. The zero-order valence-corrected chi connectivity index (χ0v) is 18.2. The van der Waals surface area contributed by atoms with Gasteiger partial charge in [-0.25, -0.2) is 9.48 Å². The number of hydrogen-bond acceptors (Lipinski definition) is 5.